The highest BCUT2D eigenvalue weighted by Crippen LogP contribution is 2.19. The molecule has 0 aromatic carbocycles. The first-order chi connectivity index (χ1) is 10.1. The topological polar surface area (TPSA) is 113 Å². The number of rotatable bonds is 3. The summed E-state index contributed by atoms with van der Waals surface area (Å²) in [5.41, 5.74) is 1.32. The molecule has 0 bridgehead atoms. The first-order valence-electron chi connectivity index (χ1n) is 6.30. The van der Waals surface area contributed by atoms with Crippen LogP contribution in [0.25, 0.3) is 11.1 Å². The maximum Gasteiger partial charge on any atom is 0.322 e. The van der Waals surface area contributed by atoms with Crippen molar-refractivity contribution in [2.75, 3.05) is 7.05 Å². The van der Waals surface area contributed by atoms with Crippen LogP contribution in [0.5, 0.6) is 0 Å². The van der Waals surface area contributed by atoms with Crippen LogP contribution in [0.15, 0.2) is 22.6 Å². The van der Waals surface area contributed by atoms with Crippen molar-refractivity contribution in [2.45, 2.75) is 12.5 Å². The van der Waals surface area contributed by atoms with Gasteiger partial charge < -0.3 is 15.1 Å². The number of nitrogens with zero attached hydrogens (tertiary/aromatic N) is 1. The molecule has 8 heteroatoms. The Kier molecular flexibility index (Phi) is 3.05. The van der Waals surface area contributed by atoms with E-state index in [1.165, 1.54) is 7.05 Å². The Morgan fingerprint density at radius 2 is 2.24 bits per heavy atom. The molecule has 1 saturated heterocycles. The number of hydrogen-bond acceptors (Lipinski definition) is 5. The van der Waals surface area contributed by atoms with Crippen molar-refractivity contribution in [1.29, 1.82) is 0 Å². The maximum atomic E-state index is 11.5. The third-order valence-corrected chi connectivity index (χ3v) is 3.15. The van der Waals surface area contributed by atoms with Crippen LogP contribution in [-0.2, 0) is 11.2 Å². The number of carbonyl (C=O) groups is 3. The molecule has 0 spiro atoms. The zero-order chi connectivity index (χ0) is 15.0. The molecule has 3 heterocycles. The molecule has 21 heavy (non-hydrogen) atoms. The minimum atomic E-state index is -0.656. The Morgan fingerprint density at radius 3 is 2.90 bits per heavy atom. The Morgan fingerprint density at radius 1 is 1.43 bits per heavy atom. The van der Waals surface area contributed by atoms with Crippen LogP contribution < -0.4 is 16.0 Å². The lowest BCUT2D eigenvalue weighted by atomic mass is 10.2. The number of urea groups is 1. The molecule has 0 radical (unpaired) electrons. The van der Waals surface area contributed by atoms with Gasteiger partial charge >= 0.3 is 6.03 Å². The minimum Gasteiger partial charge on any atom is -0.459 e. The lowest BCUT2D eigenvalue weighted by molar-refractivity contribution is -0.120. The van der Waals surface area contributed by atoms with Gasteiger partial charge in [0.2, 0.25) is 0 Å². The molecule has 0 aliphatic carbocycles. The molecule has 1 aliphatic heterocycles. The van der Waals surface area contributed by atoms with E-state index in [0.29, 0.717) is 16.9 Å². The van der Waals surface area contributed by atoms with Crippen molar-refractivity contribution in [1.82, 2.24) is 20.9 Å². The fraction of sp³-hybridized carbons (Fsp3) is 0.231. The SMILES string of the molecule is CNC(=O)c1ccc2oc(CC3NC(=O)NC3=O)cc2n1. The van der Waals surface area contributed by atoms with E-state index in [9.17, 15) is 14.4 Å². The van der Waals surface area contributed by atoms with Crippen molar-refractivity contribution in [2.24, 2.45) is 0 Å². The van der Waals surface area contributed by atoms with Crippen LogP contribution in [0.4, 0.5) is 4.79 Å². The molecule has 2 aromatic heterocycles. The zero-order valence-corrected chi connectivity index (χ0v) is 11.1. The largest absolute Gasteiger partial charge is 0.459 e. The minimum absolute atomic E-state index is 0.225. The van der Waals surface area contributed by atoms with Gasteiger partial charge in [-0.05, 0) is 12.1 Å². The molecule has 108 valence electrons. The highest BCUT2D eigenvalue weighted by atomic mass is 16.3. The van der Waals surface area contributed by atoms with Crippen molar-refractivity contribution in [3.05, 3.63) is 29.7 Å². The fourth-order valence-corrected chi connectivity index (χ4v) is 2.13. The molecule has 2 aromatic rings. The van der Waals surface area contributed by atoms with E-state index in [1.807, 2.05) is 0 Å². The second-order valence-electron chi connectivity index (χ2n) is 4.59. The number of amides is 4. The Bertz CT molecular complexity index is 752. The van der Waals surface area contributed by atoms with Crippen LogP contribution in [0.3, 0.4) is 0 Å². The number of hydrogen-bond donors (Lipinski definition) is 3. The molecule has 4 amide bonds. The number of carbonyl (C=O) groups excluding carboxylic acids is 3. The highest BCUT2D eigenvalue weighted by Gasteiger charge is 2.30. The molecule has 1 unspecified atom stereocenters. The first kappa shape index (κ1) is 13.1. The first-order valence-corrected chi connectivity index (χ1v) is 6.30. The number of imide groups is 1. The summed E-state index contributed by atoms with van der Waals surface area (Å²) in [6.45, 7) is 0. The van der Waals surface area contributed by atoms with Crippen LogP contribution in [0.1, 0.15) is 16.2 Å². The third-order valence-electron chi connectivity index (χ3n) is 3.15. The maximum absolute atomic E-state index is 11.5. The van der Waals surface area contributed by atoms with Gasteiger partial charge in [-0.15, -0.1) is 0 Å². The highest BCUT2D eigenvalue weighted by molar-refractivity contribution is 6.04. The molecule has 3 N–H and O–H groups in total. The lowest BCUT2D eigenvalue weighted by Crippen LogP contribution is -2.30. The summed E-state index contributed by atoms with van der Waals surface area (Å²) in [7, 11) is 1.52. The van der Waals surface area contributed by atoms with Gasteiger partial charge in [0.25, 0.3) is 11.8 Å². The van der Waals surface area contributed by atoms with Gasteiger partial charge in [0.1, 0.15) is 23.0 Å². The van der Waals surface area contributed by atoms with Crippen molar-refractivity contribution < 1.29 is 18.8 Å². The Balaban J connectivity index is 1.86. The molecular weight excluding hydrogens is 276 g/mol. The molecule has 1 aliphatic rings. The van der Waals surface area contributed by atoms with Gasteiger partial charge in [0.15, 0.2) is 5.58 Å². The van der Waals surface area contributed by atoms with E-state index < -0.39 is 12.1 Å². The lowest BCUT2D eigenvalue weighted by Gasteiger charge is -2.02. The molecule has 1 fully saturated rings. The smallest absolute Gasteiger partial charge is 0.322 e. The summed E-state index contributed by atoms with van der Waals surface area (Å²) >= 11 is 0. The van der Waals surface area contributed by atoms with E-state index in [0.717, 1.165) is 0 Å². The van der Waals surface area contributed by atoms with E-state index in [4.69, 9.17) is 4.42 Å². The molecule has 1 atom stereocenters. The summed E-state index contributed by atoms with van der Waals surface area (Å²) in [5.74, 6) is -0.171. The summed E-state index contributed by atoms with van der Waals surface area (Å²) in [4.78, 5) is 38.2. The van der Waals surface area contributed by atoms with Gasteiger partial charge in [-0.2, -0.15) is 0 Å². The van der Waals surface area contributed by atoms with E-state index in [1.54, 1.807) is 18.2 Å². The van der Waals surface area contributed by atoms with E-state index in [2.05, 4.69) is 20.9 Å². The van der Waals surface area contributed by atoms with Gasteiger partial charge in [0, 0.05) is 19.5 Å². The Hall–Kier alpha value is -2.90. The number of furan rings is 1. The number of aromatic nitrogens is 1. The number of nitrogens with one attached hydrogen (secondary N) is 3. The standard InChI is InChI=1S/C13H12N4O4/c1-14-11(18)7-2-3-10-8(15-7)4-6(21-10)5-9-12(19)17-13(20)16-9/h2-4,9H,5H2,1H3,(H,14,18)(H2,16,17,19,20). The quantitative estimate of drug-likeness (QED) is 0.685. The zero-order valence-electron chi connectivity index (χ0n) is 11.1. The monoisotopic (exact) mass is 288 g/mol. The molecule has 8 nitrogen and oxygen atoms in total. The predicted molar refractivity (Wildman–Crippen MR) is 71.6 cm³/mol. The van der Waals surface area contributed by atoms with Crippen LogP contribution in [0.2, 0.25) is 0 Å². The van der Waals surface area contributed by atoms with Crippen molar-refractivity contribution in [3.8, 4) is 0 Å². The normalized spacial score (nSPS) is 17.7. The third kappa shape index (κ3) is 2.42. The van der Waals surface area contributed by atoms with Crippen molar-refractivity contribution in [3.63, 3.8) is 0 Å². The average Bonchev–Trinajstić information content (AvgIpc) is 3.00. The van der Waals surface area contributed by atoms with Gasteiger partial charge in [0.05, 0.1) is 0 Å². The molecule has 0 saturated carbocycles. The fourth-order valence-electron chi connectivity index (χ4n) is 2.13. The van der Waals surface area contributed by atoms with Crippen LogP contribution in [-0.4, -0.2) is 35.9 Å². The summed E-state index contributed by atoms with van der Waals surface area (Å²) in [5, 5.41) is 7.13. The molecular formula is C13H12N4O4. The van der Waals surface area contributed by atoms with E-state index in [-0.39, 0.29) is 23.9 Å². The van der Waals surface area contributed by atoms with E-state index >= 15 is 0 Å². The van der Waals surface area contributed by atoms with Gasteiger partial charge in [-0.25, -0.2) is 9.78 Å². The number of fused-ring (bicyclic) bond motifs is 1. The van der Waals surface area contributed by atoms with Crippen LogP contribution >= 0.6 is 0 Å². The average molecular weight is 288 g/mol. The van der Waals surface area contributed by atoms with Crippen molar-refractivity contribution >= 4 is 28.9 Å². The summed E-state index contributed by atoms with van der Waals surface area (Å²) in [6.07, 6.45) is 0.225. The van der Waals surface area contributed by atoms with Gasteiger partial charge in [-0.3, -0.25) is 14.9 Å². The second kappa shape index (κ2) is 4.89. The number of pyridine rings is 1. The predicted octanol–water partition coefficient (Wildman–Crippen LogP) is -0.0621. The molecule has 3 rings (SSSR count). The summed E-state index contributed by atoms with van der Waals surface area (Å²) < 4.78 is 5.56. The Labute approximate surface area is 118 Å². The van der Waals surface area contributed by atoms with Crippen LogP contribution in [0, 0.1) is 0 Å². The summed E-state index contributed by atoms with van der Waals surface area (Å²) in [6, 6.07) is 3.68. The second-order valence-corrected chi connectivity index (χ2v) is 4.59. The van der Waals surface area contributed by atoms with Gasteiger partial charge in [-0.1, -0.05) is 0 Å².